The van der Waals surface area contributed by atoms with Crippen molar-refractivity contribution in [3.8, 4) is 12.0 Å². The lowest BCUT2D eigenvalue weighted by molar-refractivity contribution is -0.118. The summed E-state index contributed by atoms with van der Waals surface area (Å²) in [6, 6.07) is 11.0. The zero-order valence-electron chi connectivity index (χ0n) is 16.7. The summed E-state index contributed by atoms with van der Waals surface area (Å²) in [7, 11) is 0. The Morgan fingerprint density at radius 3 is 2.45 bits per heavy atom. The Hall–Kier alpha value is -3.79. The molecule has 0 aliphatic carbocycles. The molecule has 2 amide bonds. The van der Waals surface area contributed by atoms with Crippen LogP contribution in [0.25, 0.3) is 5.88 Å². The van der Waals surface area contributed by atoms with Crippen molar-refractivity contribution in [3.05, 3.63) is 65.2 Å². The second kappa shape index (κ2) is 8.07. The largest absolute Gasteiger partial charge is 0.443 e. The summed E-state index contributed by atoms with van der Waals surface area (Å²) in [6.45, 7) is 7.11. The van der Waals surface area contributed by atoms with Crippen molar-refractivity contribution in [2.24, 2.45) is 5.92 Å². The summed E-state index contributed by atoms with van der Waals surface area (Å²) in [4.78, 5) is 24.9. The van der Waals surface area contributed by atoms with E-state index in [1.807, 2.05) is 13.0 Å². The minimum absolute atomic E-state index is 0.111. The van der Waals surface area contributed by atoms with Crippen molar-refractivity contribution in [2.45, 2.75) is 27.7 Å². The van der Waals surface area contributed by atoms with Crippen LogP contribution in [0.2, 0.25) is 0 Å². The van der Waals surface area contributed by atoms with E-state index in [4.69, 9.17) is 4.42 Å². The first-order chi connectivity index (χ1) is 13.8. The average molecular weight is 390 g/mol. The summed E-state index contributed by atoms with van der Waals surface area (Å²) in [5.41, 5.74) is 2.31. The molecule has 0 saturated carbocycles. The Balaban J connectivity index is 1.92. The van der Waals surface area contributed by atoms with Gasteiger partial charge in [0, 0.05) is 29.7 Å². The van der Waals surface area contributed by atoms with Gasteiger partial charge >= 0.3 is 0 Å². The number of carbonyl (C=O) groups excluding carboxylic acids is 2. The van der Waals surface area contributed by atoms with Crippen molar-refractivity contribution in [3.63, 3.8) is 0 Å². The van der Waals surface area contributed by atoms with E-state index in [2.05, 4.69) is 16.7 Å². The van der Waals surface area contributed by atoms with Crippen LogP contribution in [0, 0.1) is 31.1 Å². The highest BCUT2D eigenvalue weighted by Crippen LogP contribution is 2.28. The van der Waals surface area contributed by atoms with E-state index in [-0.39, 0.29) is 23.0 Å². The molecule has 0 atom stereocenters. The van der Waals surface area contributed by atoms with Gasteiger partial charge in [-0.25, -0.2) is 0 Å². The zero-order valence-corrected chi connectivity index (χ0v) is 16.7. The molecule has 148 valence electrons. The van der Waals surface area contributed by atoms with E-state index < -0.39 is 5.91 Å². The van der Waals surface area contributed by atoms with Gasteiger partial charge in [0.1, 0.15) is 23.0 Å². The van der Waals surface area contributed by atoms with Gasteiger partial charge in [-0.2, -0.15) is 5.26 Å². The predicted molar refractivity (Wildman–Crippen MR) is 110 cm³/mol. The van der Waals surface area contributed by atoms with Gasteiger partial charge in [-0.15, -0.1) is 0 Å². The highest BCUT2D eigenvalue weighted by molar-refractivity contribution is 6.08. The SMILES string of the molecule is Cc1ccc(NC(=O)C(C)C)cc1NC(=O)c1c(C)oc(-n2cccc2)c1C#N. The van der Waals surface area contributed by atoms with Gasteiger partial charge in [-0.1, -0.05) is 19.9 Å². The molecule has 0 fully saturated rings. The van der Waals surface area contributed by atoms with E-state index in [1.165, 1.54) is 0 Å². The van der Waals surface area contributed by atoms with Crippen molar-refractivity contribution in [1.29, 1.82) is 5.26 Å². The number of aryl methyl sites for hydroxylation is 2. The molecule has 1 aromatic carbocycles. The molecule has 2 N–H and O–H groups in total. The van der Waals surface area contributed by atoms with Gasteiger partial charge in [-0.3, -0.25) is 14.2 Å². The third-order valence-corrected chi connectivity index (χ3v) is 4.52. The minimum atomic E-state index is -0.448. The van der Waals surface area contributed by atoms with E-state index in [1.54, 1.807) is 62.0 Å². The number of carbonyl (C=O) groups is 2. The number of rotatable bonds is 5. The van der Waals surface area contributed by atoms with Crippen molar-refractivity contribution in [1.82, 2.24) is 4.57 Å². The highest BCUT2D eigenvalue weighted by atomic mass is 16.4. The first-order valence-electron chi connectivity index (χ1n) is 9.21. The van der Waals surface area contributed by atoms with E-state index in [0.29, 0.717) is 23.0 Å². The second-order valence-corrected chi connectivity index (χ2v) is 7.04. The molecule has 0 radical (unpaired) electrons. The third-order valence-electron chi connectivity index (χ3n) is 4.52. The topological polar surface area (TPSA) is 100 Å². The van der Waals surface area contributed by atoms with Crippen molar-refractivity contribution < 1.29 is 14.0 Å². The molecule has 7 heteroatoms. The molecule has 3 aromatic rings. The molecular formula is C22H22N4O3. The molecule has 7 nitrogen and oxygen atoms in total. The molecule has 0 bridgehead atoms. The quantitative estimate of drug-likeness (QED) is 0.674. The number of benzene rings is 1. The van der Waals surface area contributed by atoms with Crippen LogP contribution in [0.5, 0.6) is 0 Å². The van der Waals surface area contributed by atoms with Gasteiger partial charge in [0.2, 0.25) is 11.8 Å². The zero-order chi connectivity index (χ0) is 21.1. The Morgan fingerprint density at radius 2 is 1.83 bits per heavy atom. The lowest BCUT2D eigenvalue weighted by Crippen LogP contribution is -2.18. The molecule has 3 rings (SSSR count). The van der Waals surface area contributed by atoms with Crippen LogP contribution in [0.1, 0.15) is 41.1 Å². The van der Waals surface area contributed by atoms with Gasteiger partial charge in [0.25, 0.3) is 5.91 Å². The molecule has 0 aliphatic heterocycles. The number of nitrogens with zero attached hydrogens (tertiary/aromatic N) is 2. The Morgan fingerprint density at radius 1 is 1.14 bits per heavy atom. The lowest BCUT2D eigenvalue weighted by Gasteiger charge is -2.12. The van der Waals surface area contributed by atoms with Crippen molar-refractivity contribution >= 4 is 23.2 Å². The van der Waals surface area contributed by atoms with E-state index in [9.17, 15) is 14.9 Å². The van der Waals surface area contributed by atoms with Crippen LogP contribution in [-0.4, -0.2) is 16.4 Å². The number of nitriles is 1. The summed E-state index contributed by atoms with van der Waals surface area (Å²) in [5.74, 6) is -0.0655. The maximum atomic E-state index is 13.0. The molecular weight excluding hydrogens is 368 g/mol. The normalized spacial score (nSPS) is 10.6. The number of hydrogen-bond donors (Lipinski definition) is 2. The summed E-state index contributed by atoms with van der Waals surface area (Å²) < 4.78 is 7.34. The fourth-order valence-electron chi connectivity index (χ4n) is 2.86. The molecule has 0 aliphatic rings. The number of nitrogens with one attached hydrogen (secondary N) is 2. The van der Waals surface area contributed by atoms with Crippen LogP contribution in [0.3, 0.4) is 0 Å². The molecule has 0 unspecified atom stereocenters. The fourth-order valence-corrected chi connectivity index (χ4v) is 2.86. The second-order valence-electron chi connectivity index (χ2n) is 7.04. The molecule has 29 heavy (non-hydrogen) atoms. The number of anilines is 2. The van der Waals surface area contributed by atoms with Crippen LogP contribution < -0.4 is 10.6 Å². The number of furan rings is 1. The minimum Gasteiger partial charge on any atom is -0.443 e. The van der Waals surface area contributed by atoms with Gasteiger partial charge in [0.15, 0.2) is 0 Å². The number of aromatic nitrogens is 1. The Kier molecular flexibility index (Phi) is 5.55. The monoisotopic (exact) mass is 390 g/mol. The Bertz CT molecular complexity index is 1100. The summed E-state index contributed by atoms with van der Waals surface area (Å²) in [6.07, 6.45) is 3.48. The number of amides is 2. The van der Waals surface area contributed by atoms with Gasteiger partial charge in [0.05, 0.1) is 0 Å². The lowest BCUT2D eigenvalue weighted by atomic mass is 10.1. The van der Waals surface area contributed by atoms with Gasteiger partial charge in [-0.05, 0) is 43.7 Å². The summed E-state index contributed by atoms with van der Waals surface area (Å²) in [5, 5.41) is 15.3. The predicted octanol–water partition coefficient (Wildman–Crippen LogP) is 4.41. The molecule has 0 saturated heterocycles. The first kappa shape index (κ1) is 20.0. The van der Waals surface area contributed by atoms with Crippen LogP contribution in [-0.2, 0) is 4.79 Å². The average Bonchev–Trinajstić information content (AvgIpc) is 3.31. The molecule has 2 heterocycles. The Labute approximate surface area is 168 Å². The number of hydrogen-bond acceptors (Lipinski definition) is 4. The standard InChI is InChI=1S/C22H22N4O3/c1-13(2)20(27)24-16-8-7-14(3)18(11-16)25-21(28)19-15(4)29-22(17(19)12-23)26-9-5-6-10-26/h5-11,13H,1-4H3,(H,24,27)(H,25,28). The van der Waals surface area contributed by atoms with E-state index in [0.717, 1.165) is 5.56 Å². The maximum absolute atomic E-state index is 13.0. The molecule has 0 spiro atoms. The van der Waals surface area contributed by atoms with Crippen LogP contribution in [0.15, 0.2) is 47.1 Å². The van der Waals surface area contributed by atoms with Crippen LogP contribution in [0.4, 0.5) is 11.4 Å². The summed E-state index contributed by atoms with van der Waals surface area (Å²) >= 11 is 0. The molecule has 2 aromatic heterocycles. The highest BCUT2D eigenvalue weighted by Gasteiger charge is 2.25. The van der Waals surface area contributed by atoms with E-state index >= 15 is 0 Å². The maximum Gasteiger partial charge on any atom is 0.260 e. The third kappa shape index (κ3) is 4.06. The first-order valence-corrected chi connectivity index (χ1v) is 9.21. The fraction of sp³-hybridized carbons (Fsp3) is 0.227. The van der Waals surface area contributed by atoms with Crippen LogP contribution >= 0.6 is 0 Å². The smallest absolute Gasteiger partial charge is 0.260 e. The van der Waals surface area contributed by atoms with Gasteiger partial charge < -0.3 is 15.1 Å². The van der Waals surface area contributed by atoms with Crippen molar-refractivity contribution in [2.75, 3.05) is 10.6 Å².